The van der Waals surface area contributed by atoms with Gasteiger partial charge in [0.15, 0.2) is 0 Å². The van der Waals surface area contributed by atoms with E-state index in [1.54, 1.807) is 6.33 Å². The summed E-state index contributed by atoms with van der Waals surface area (Å²) in [6.07, 6.45) is 1.69. The average Bonchev–Trinajstić information content (AvgIpc) is 3.04. The fourth-order valence-electron chi connectivity index (χ4n) is 2.23. The first-order valence-electron chi connectivity index (χ1n) is 6.81. The Labute approximate surface area is 123 Å². The molecule has 0 amide bonds. The second-order valence-corrected chi connectivity index (χ2v) is 4.59. The van der Waals surface area contributed by atoms with Crippen molar-refractivity contribution in [3.05, 3.63) is 60.9 Å². The van der Waals surface area contributed by atoms with E-state index >= 15 is 0 Å². The van der Waals surface area contributed by atoms with Gasteiger partial charge in [0.2, 0.25) is 0 Å². The molecule has 0 bridgehead atoms. The first-order valence-corrected chi connectivity index (χ1v) is 6.81. The van der Waals surface area contributed by atoms with Crippen LogP contribution < -0.4 is 4.74 Å². The number of H-pyrrole nitrogens is 1. The highest BCUT2D eigenvalue weighted by Crippen LogP contribution is 2.30. The highest BCUT2D eigenvalue weighted by Gasteiger charge is 2.10. The van der Waals surface area contributed by atoms with Crippen LogP contribution in [0.1, 0.15) is 0 Å². The topological polar surface area (TPSA) is 58.1 Å². The minimum absolute atomic E-state index is 0.00188. The molecule has 3 rings (SSSR count). The third-order valence-electron chi connectivity index (χ3n) is 3.17. The number of aromatic nitrogens is 2. The van der Waals surface area contributed by atoms with Crippen LogP contribution in [0, 0.1) is 0 Å². The van der Waals surface area contributed by atoms with Crippen LogP contribution in [0.15, 0.2) is 60.9 Å². The van der Waals surface area contributed by atoms with Gasteiger partial charge in [-0.3, -0.25) is 0 Å². The monoisotopic (exact) mass is 280 g/mol. The van der Waals surface area contributed by atoms with Gasteiger partial charge >= 0.3 is 0 Å². The lowest BCUT2D eigenvalue weighted by atomic mass is 10.0. The maximum Gasteiger partial charge on any atom is 0.120 e. The Kier molecular flexibility index (Phi) is 3.98. The van der Waals surface area contributed by atoms with Crippen LogP contribution in [0.2, 0.25) is 0 Å². The van der Waals surface area contributed by atoms with Gasteiger partial charge in [0.1, 0.15) is 12.4 Å². The Morgan fingerprint density at radius 2 is 1.81 bits per heavy atom. The van der Waals surface area contributed by atoms with Crippen LogP contribution in [0.3, 0.4) is 0 Å². The fraction of sp³-hybridized carbons (Fsp3) is 0.118. The molecule has 0 saturated carbocycles. The summed E-state index contributed by atoms with van der Waals surface area (Å²) in [6.45, 7) is 0.289. The van der Waals surface area contributed by atoms with Crippen molar-refractivity contribution in [3.63, 3.8) is 0 Å². The molecule has 21 heavy (non-hydrogen) atoms. The van der Waals surface area contributed by atoms with Crippen molar-refractivity contribution < 1.29 is 9.84 Å². The molecule has 1 aromatic heterocycles. The van der Waals surface area contributed by atoms with Gasteiger partial charge < -0.3 is 14.8 Å². The maximum atomic E-state index is 8.83. The number of aliphatic hydroxyl groups is 1. The van der Waals surface area contributed by atoms with E-state index in [0.29, 0.717) is 0 Å². The molecule has 0 atom stereocenters. The minimum atomic E-state index is 0.00188. The molecule has 0 radical (unpaired) electrons. The average molecular weight is 280 g/mol. The van der Waals surface area contributed by atoms with Gasteiger partial charge in [-0.2, -0.15) is 0 Å². The van der Waals surface area contributed by atoms with Crippen molar-refractivity contribution in [3.8, 4) is 28.3 Å². The van der Waals surface area contributed by atoms with Gasteiger partial charge in [-0.15, -0.1) is 0 Å². The number of aliphatic hydroxyl groups excluding tert-OH is 1. The first-order chi connectivity index (χ1) is 10.4. The zero-order valence-corrected chi connectivity index (χ0v) is 11.5. The lowest BCUT2D eigenvalue weighted by Gasteiger charge is -2.07. The smallest absolute Gasteiger partial charge is 0.120 e. The number of hydrogen-bond donors (Lipinski definition) is 2. The van der Waals surface area contributed by atoms with E-state index < -0.39 is 0 Å². The first kappa shape index (κ1) is 13.4. The highest BCUT2D eigenvalue weighted by atomic mass is 16.5. The van der Waals surface area contributed by atoms with Crippen LogP contribution in [0.5, 0.6) is 5.75 Å². The van der Waals surface area contributed by atoms with Crippen LogP contribution in [0.25, 0.3) is 22.5 Å². The summed E-state index contributed by atoms with van der Waals surface area (Å²) in [6, 6.07) is 17.8. The predicted octanol–water partition coefficient (Wildman–Crippen LogP) is 3.11. The lowest BCUT2D eigenvalue weighted by molar-refractivity contribution is 0.201. The Hall–Kier alpha value is -2.59. The third-order valence-corrected chi connectivity index (χ3v) is 3.17. The SMILES string of the molecule is OCCOc1cccc(-c2nc[nH]c2-c2ccccc2)c1. The number of ether oxygens (including phenoxy) is 1. The number of benzene rings is 2. The van der Waals surface area contributed by atoms with Gasteiger partial charge in [-0.1, -0.05) is 42.5 Å². The van der Waals surface area contributed by atoms with Gasteiger partial charge in [-0.05, 0) is 12.1 Å². The van der Waals surface area contributed by atoms with E-state index in [4.69, 9.17) is 9.84 Å². The summed E-state index contributed by atoms with van der Waals surface area (Å²) < 4.78 is 5.45. The molecule has 4 nitrogen and oxygen atoms in total. The maximum absolute atomic E-state index is 8.83. The van der Waals surface area contributed by atoms with Crippen molar-refractivity contribution in [2.45, 2.75) is 0 Å². The number of rotatable bonds is 5. The minimum Gasteiger partial charge on any atom is -0.491 e. The summed E-state index contributed by atoms with van der Waals surface area (Å²) in [5.74, 6) is 0.726. The predicted molar refractivity (Wildman–Crippen MR) is 82.0 cm³/mol. The van der Waals surface area contributed by atoms with Crippen molar-refractivity contribution in [1.82, 2.24) is 9.97 Å². The second kappa shape index (κ2) is 6.24. The summed E-state index contributed by atoms with van der Waals surface area (Å²) in [4.78, 5) is 7.61. The van der Waals surface area contributed by atoms with Crippen molar-refractivity contribution in [2.24, 2.45) is 0 Å². The Morgan fingerprint density at radius 3 is 2.62 bits per heavy atom. The molecule has 0 unspecified atom stereocenters. The standard InChI is InChI=1S/C17H16N2O2/c20-9-10-21-15-8-4-7-14(11-15)17-16(18-12-19-17)13-5-2-1-3-6-13/h1-8,11-12,20H,9-10H2,(H,18,19). The molecule has 0 aliphatic carbocycles. The van der Waals surface area contributed by atoms with Gasteiger partial charge in [0.25, 0.3) is 0 Å². The van der Waals surface area contributed by atoms with Gasteiger partial charge in [-0.25, -0.2) is 4.98 Å². The zero-order chi connectivity index (χ0) is 14.5. The largest absolute Gasteiger partial charge is 0.491 e. The van der Waals surface area contributed by atoms with E-state index in [0.717, 1.165) is 28.3 Å². The van der Waals surface area contributed by atoms with E-state index in [-0.39, 0.29) is 13.2 Å². The molecule has 2 aromatic carbocycles. The van der Waals surface area contributed by atoms with Crippen LogP contribution in [-0.2, 0) is 0 Å². The molecule has 0 saturated heterocycles. The lowest BCUT2D eigenvalue weighted by Crippen LogP contribution is -2.01. The van der Waals surface area contributed by atoms with Crippen LogP contribution in [0.4, 0.5) is 0 Å². The normalized spacial score (nSPS) is 10.5. The van der Waals surface area contributed by atoms with Gasteiger partial charge in [0, 0.05) is 11.1 Å². The molecule has 4 heteroatoms. The molecule has 0 spiro atoms. The molecular weight excluding hydrogens is 264 g/mol. The van der Waals surface area contributed by atoms with E-state index in [1.807, 2.05) is 54.6 Å². The molecule has 1 heterocycles. The number of imidazole rings is 1. The molecule has 106 valence electrons. The zero-order valence-electron chi connectivity index (χ0n) is 11.5. The third kappa shape index (κ3) is 2.95. The molecule has 0 aliphatic rings. The van der Waals surface area contributed by atoms with E-state index in [2.05, 4.69) is 9.97 Å². The highest BCUT2D eigenvalue weighted by molar-refractivity contribution is 5.78. The van der Waals surface area contributed by atoms with Crippen molar-refractivity contribution in [2.75, 3.05) is 13.2 Å². The van der Waals surface area contributed by atoms with E-state index in [9.17, 15) is 0 Å². The summed E-state index contributed by atoms with van der Waals surface area (Å²) in [7, 11) is 0. The molecule has 0 aliphatic heterocycles. The van der Waals surface area contributed by atoms with Crippen molar-refractivity contribution in [1.29, 1.82) is 0 Å². The van der Waals surface area contributed by atoms with Crippen LogP contribution >= 0.6 is 0 Å². The van der Waals surface area contributed by atoms with Gasteiger partial charge in [0.05, 0.1) is 24.3 Å². The fourth-order valence-corrected chi connectivity index (χ4v) is 2.23. The number of nitrogens with zero attached hydrogens (tertiary/aromatic N) is 1. The summed E-state index contributed by atoms with van der Waals surface area (Å²) in [5, 5.41) is 8.83. The number of hydrogen-bond acceptors (Lipinski definition) is 3. The van der Waals surface area contributed by atoms with E-state index in [1.165, 1.54) is 0 Å². The van der Waals surface area contributed by atoms with Crippen LogP contribution in [-0.4, -0.2) is 28.3 Å². The summed E-state index contributed by atoms with van der Waals surface area (Å²) >= 11 is 0. The molecular formula is C17H16N2O2. The Bertz CT molecular complexity index is 708. The second-order valence-electron chi connectivity index (χ2n) is 4.59. The Balaban J connectivity index is 1.97. The number of aromatic amines is 1. The molecule has 0 fully saturated rings. The number of nitrogens with one attached hydrogen (secondary N) is 1. The molecule has 2 N–H and O–H groups in total. The quantitative estimate of drug-likeness (QED) is 0.755. The van der Waals surface area contributed by atoms with Crippen molar-refractivity contribution >= 4 is 0 Å². The Morgan fingerprint density at radius 1 is 1.00 bits per heavy atom. The summed E-state index contributed by atoms with van der Waals surface area (Å²) in [5.41, 5.74) is 3.93. The molecule has 3 aromatic rings.